The van der Waals surface area contributed by atoms with Gasteiger partial charge in [-0.15, -0.1) is 0 Å². The second kappa shape index (κ2) is 9.45. The number of nitrogens with one attached hydrogen (secondary N) is 1. The molecule has 1 aromatic carbocycles. The summed E-state index contributed by atoms with van der Waals surface area (Å²) in [4.78, 5) is 14.5. The smallest absolute Gasteiger partial charge is 0.224 e. The summed E-state index contributed by atoms with van der Waals surface area (Å²) in [5.41, 5.74) is 2.00. The van der Waals surface area contributed by atoms with Crippen LogP contribution in [0.1, 0.15) is 17.2 Å². The first kappa shape index (κ1) is 20.1. The number of ether oxygens (including phenoxy) is 3. The highest BCUT2D eigenvalue weighted by Gasteiger charge is 2.17. The molecule has 1 atom stereocenters. The molecule has 0 saturated carbocycles. The first-order valence-electron chi connectivity index (χ1n) is 8.24. The summed E-state index contributed by atoms with van der Waals surface area (Å²) in [6, 6.07) is 5.82. The van der Waals surface area contributed by atoms with Crippen molar-refractivity contribution in [2.24, 2.45) is 0 Å². The third-order valence-electron chi connectivity index (χ3n) is 4.13. The molecule has 142 valence electrons. The fourth-order valence-electron chi connectivity index (χ4n) is 2.76. The third kappa shape index (κ3) is 4.89. The zero-order chi connectivity index (χ0) is 19.1. The molecular weight excluding hydrogens is 352 g/mol. The van der Waals surface area contributed by atoms with Crippen LogP contribution in [0.2, 0.25) is 0 Å². The Kier molecular flexibility index (Phi) is 7.29. The van der Waals surface area contributed by atoms with Crippen molar-refractivity contribution >= 4 is 17.2 Å². The zero-order valence-electron chi connectivity index (χ0n) is 15.9. The van der Waals surface area contributed by atoms with E-state index in [4.69, 9.17) is 14.2 Å². The molecule has 0 unspecified atom stereocenters. The second-order valence-electron chi connectivity index (χ2n) is 6.05. The molecule has 2 rings (SSSR count). The molecule has 0 aliphatic heterocycles. The number of methoxy groups -OCH3 is 3. The van der Waals surface area contributed by atoms with Crippen LogP contribution in [0.25, 0.3) is 0 Å². The monoisotopic (exact) mass is 378 g/mol. The number of thiophene rings is 1. The first-order valence-corrected chi connectivity index (χ1v) is 9.18. The Morgan fingerprint density at radius 1 is 1.15 bits per heavy atom. The van der Waals surface area contributed by atoms with Gasteiger partial charge in [0.2, 0.25) is 11.7 Å². The van der Waals surface area contributed by atoms with Crippen LogP contribution >= 0.6 is 11.3 Å². The van der Waals surface area contributed by atoms with E-state index in [2.05, 4.69) is 21.7 Å². The lowest BCUT2D eigenvalue weighted by atomic mass is 10.1. The average molecular weight is 378 g/mol. The van der Waals surface area contributed by atoms with Gasteiger partial charge in [0.1, 0.15) is 0 Å². The lowest BCUT2D eigenvalue weighted by molar-refractivity contribution is -0.120. The third-order valence-corrected chi connectivity index (χ3v) is 4.83. The van der Waals surface area contributed by atoms with Gasteiger partial charge >= 0.3 is 0 Å². The van der Waals surface area contributed by atoms with E-state index in [0.29, 0.717) is 23.8 Å². The van der Waals surface area contributed by atoms with Crippen LogP contribution in [0.5, 0.6) is 17.2 Å². The minimum absolute atomic E-state index is 0.0543. The lowest BCUT2D eigenvalue weighted by Gasteiger charge is -2.24. The van der Waals surface area contributed by atoms with E-state index in [9.17, 15) is 4.79 Å². The molecular formula is C19H26N2O4S. The van der Waals surface area contributed by atoms with Crippen molar-refractivity contribution in [1.82, 2.24) is 10.2 Å². The average Bonchev–Trinajstić information content (AvgIpc) is 3.14. The van der Waals surface area contributed by atoms with Crippen LogP contribution in [0.4, 0.5) is 0 Å². The van der Waals surface area contributed by atoms with Crippen LogP contribution in [-0.2, 0) is 11.2 Å². The summed E-state index contributed by atoms with van der Waals surface area (Å²) in [5.74, 6) is 1.55. The van der Waals surface area contributed by atoms with Gasteiger partial charge in [-0.2, -0.15) is 11.3 Å². The van der Waals surface area contributed by atoms with E-state index in [0.717, 1.165) is 5.56 Å². The number of rotatable bonds is 9. The summed E-state index contributed by atoms with van der Waals surface area (Å²) >= 11 is 1.65. The maximum Gasteiger partial charge on any atom is 0.224 e. The molecule has 0 spiro atoms. The number of hydrogen-bond donors (Lipinski definition) is 1. The number of likely N-dealkylation sites (N-methyl/N-ethyl adjacent to an activating group) is 1. The minimum Gasteiger partial charge on any atom is -0.493 e. The highest BCUT2D eigenvalue weighted by atomic mass is 32.1. The molecule has 7 heteroatoms. The molecule has 6 nitrogen and oxygen atoms in total. The Morgan fingerprint density at radius 2 is 1.81 bits per heavy atom. The number of carbonyl (C=O) groups is 1. The predicted molar refractivity (Wildman–Crippen MR) is 104 cm³/mol. The fraction of sp³-hybridized carbons (Fsp3) is 0.421. The van der Waals surface area contributed by atoms with E-state index in [1.807, 2.05) is 19.5 Å². The first-order chi connectivity index (χ1) is 12.5. The van der Waals surface area contributed by atoms with E-state index < -0.39 is 0 Å². The Labute approximate surface area is 158 Å². The van der Waals surface area contributed by atoms with Crippen molar-refractivity contribution < 1.29 is 19.0 Å². The molecule has 1 N–H and O–H groups in total. The van der Waals surface area contributed by atoms with Crippen molar-refractivity contribution in [3.8, 4) is 17.2 Å². The molecule has 2 aromatic rings. The Morgan fingerprint density at radius 3 is 2.27 bits per heavy atom. The van der Waals surface area contributed by atoms with Gasteiger partial charge in [0, 0.05) is 6.54 Å². The van der Waals surface area contributed by atoms with Gasteiger partial charge in [0.25, 0.3) is 0 Å². The molecule has 0 radical (unpaired) electrons. The summed E-state index contributed by atoms with van der Waals surface area (Å²) < 4.78 is 16.0. The van der Waals surface area contributed by atoms with Crippen LogP contribution in [0, 0.1) is 0 Å². The summed E-state index contributed by atoms with van der Waals surface area (Å²) in [6.45, 7) is 0.549. The standard InChI is InChI=1S/C19H26N2O4S/c1-21(2)15(14-6-7-26-12-14)11-20-18(22)10-13-8-16(23-3)19(25-5)17(9-13)24-4/h6-9,12,15H,10-11H2,1-5H3,(H,20,22)/t15-/m0/s1. The molecule has 1 amide bonds. The maximum absolute atomic E-state index is 12.4. The Bertz CT molecular complexity index is 691. The van der Waals surface area contributed by atoms with Gasteiger partial charge in [0.15, 0.2) is 11.5 Å². The largest absolute Gasteiger partial charge is 0.493 e. The van der Waals surface area contributed by atoms with Crippen molar-refractivity contribution in [1.29, 1.82) is 0 Å². The number of benzene rings is 1. The summed E-state index contributed by atoms with van der Waals surface area (Å²) in [7, 11) is 8.69. The SMILES string of the molecule is COc1cc(CC(=O)NC[C@@H](c2ccsc2)N(C)C)cc(OC)c1OC. The highest BCUT2D eigenvalue weighted by Crippen LogP contribution is 2.38. The van der Waals surface area contributed by atoms with E-state index in [1.165, 1.54) is 5.56 Å². The molecule has 1 aromatic heterocycles. The van der Waals surface area contributed by atoms with Crippen LogP contribution in [-0.4, -0.2) is 52.8 Å². The topological polar surface area (TPSA) is 60.0 Å². The van der Waals surface area contributed by atoms with Gasteiger partial charge in [0.05, 0.1) is 33.8 Å². The molecule has 0 aliphatic carbocycles. The summed E-state index contributed by atoms with van der Waals surface area (Å²) in [6.07, 6.45) is 0.237. The molecule has 0 aliphatic rings. The fourth-order valence-corrected chi connectivity index (χ4v) is 3.47. The van der Waals surface area contributed by atoms with E-state index in [1.54, 1.807) is 44.8 Å². The number of hydrogen-bond acceptors (Lipinski definition) is 6. The zero-order valence-corrected chi connectivity index (χ0v) is 16.7. The summed E-state index contributed by atoms with van der Waals surface area (Å²) in [5, 5.41) is 7.17. The van der Waals surface area contributed by atoms with Gasteiger partial charge in [-0.1, -0.05) is 0 Å². The highest BCUT2D eigenvalue weighted by molar-refractivity contribution is 7.07. The number of carbonyl (C=O) groups excluding carboxylic acids is 1. The van der Waals surface area contributed by atoms with E-state index in [-0.39, 0.29) is 18.4 Å². The van der Waals surface area contributed by atoms with Crippen molar-refractivity contribution in [2.45, 2.75) is 12.5 Å². The van der Waals surface area contributed by atoms with Crippen LogP contribution in [0.3, 0.4) is 0 Å². The molecule has 0 fully saturated rings. The van der Waals surface area contributed by atoms with Gasteiger partial charge in [-0.25, -0.2) is 0 Å². The normalized spacial score (nSPS) is 11.9. The molecule has 1 heterocycles. The van der Waals surface area contributed by atoms with Gasteiger partial charge < -0.3 is 24.4 Å². The lowest BCUT2D eigenvalue weighted by Crippen LogP contribution is -2.35. The van der Waals surface area contributed by atoms with E-state index >= 15 is 0 Å². The van der Waals surface area contributed by atoms with Crippen molar-refractivity contribution in [3.05, 3.63) is 40.1 Å². The van der Waals surface area contributed by atoms with Crippen LogP contribution < -0.4 is 19.5 Å². The quantitative estimate of drug-likeness (QED) is 0.727. The van der Waals surface area contributed by atoms with Gasteiger partial charge in [-0.3, -0.25) is 4.79 Å². The number of amides is 1. The van der Waals surface area contributed by atoms with Crippen LogP contribution in [0.15, 0.2) is 29.0 Å². The van der Waals surface area contributed by atoms with Crippen molar-refractivity contribution in [3.63, 3.8) is 0 Å². The minimum atomic E-state index is -0.0543. The Hall–Kier alpha value is -2.25. The molecule has 26 heavy (non-hydrogen) atoms. The second-order valence-corrected chi connectivity index (χ2v) is 6.83. The molecule has 0 bridgehead atoms. The number of nitrogens with zero attached hydrogens (tertiary/aromatic N) is 1. The van der Waals surface area contributed by atoms with Crippen molar-refractivity contribution in [2.75, 3.05) is 42.0 Å². The Balaban J connectivity index is 2.05. The predicted octanol–water partition coefficient (Wildman–Crippen LogP) is 2.74. The maximum atomic E-state index is 12.4. The van der Waals surface area contributed by atoms with Gasteiger partial charge in [-0.05, 0) is 54.2 Å². The molecule has 0 saturated heterocycles.